The van der Waals surface area contributed by atoms with Crippen LogP contribution in [0.5, 0.6) is 0 Å². The lowest BCUT2D eigenvalue weighted by Gasteiger charge is -2.04. The zero-order valence-corrected chi connectivity index (χ0v) is 14.2. The number of tetrazole rings is 1. The van der Waals surface area contributed by atoms with Crippen LogP contribution < -0.4 is 5.56 Å². The van der Waals surface area contributed by atoms with Crippen molar-refractivity contribution in [3.8, 4) is 11.4 Å². The normalized spacial score (nSPS) is 11.0. The van der Waals surface area contributed by atoms with E-state index in [1.165, 1.54) is 27.5 Å². The van der Waals surface area contributed by atoms with Gasteiger partial charge in [0.2, 0.25) is 5.82 Å². The molecule has 0 saturated carbocycles. The molecule has 0 N–H and O–H groups in total. The van der Waals surface area contributed by atoms with Crippen molar-refractivity contribution in [3.05, 3.63) is 80.4 Å². The van der Waals surface area contributed by atoms with E-state index in [-0.39, 0.29) is 29.2 Å². The average molecular weight is 363 g/mol. The molecular weight excluding hydrogens is 350 g/mol. The summed E-state index contributed by atoms with van der Waals surface area (Å²) < 4.78 is 1.49. The summed E-state index contributed by atoms with van der Waals surface area (Å²) in [5, 5.41) is 22.8. The van der Waals surface area contributed by atoms with Gasteiger partial charge in [0.25, 0.3) is 11.2 Å². The maximum Gasteiger partial charge on any atom is 0.269 e. The van der Waals surface area contributed by atoms with Crippen LogP contribution in [0, 0.1) is 17.0 Å². The Kier molecular flexibility index (Phi) is 3.92. The van der Waals surface area contributed by atoms with E-state index in [1.807, 2.05) is 19.1 Å². The van der Waals surface area contributed by atoms with Crippen molar-refractivity contribution in [1.29, 1.82) is 0 Å². The Morgan fingerprint density at radius 2 is 1.93 bits per heavy atom. The van der Waals surface area contributed by atoms with Crippen LogP contribution in [-0.2, 0) is 6.54 Å². The van der Waals surface area contributed by atoms with Crippen LogP contribution in [0.1, 0.15) is 11.3 Å². The molecule has 0 unspecified atom stereocenters. The van der Waals surface area contributed by atoms with Crippen molar-refractivity contribution in [1.82, 2.24) is 29.6 Å². The lowest BCUT2D eigenvalue weighted by Crippen LogP contribution is -2.19. The molecule has 3 heterocycles. The van der Waals surface area contributed by atoms with E-state index in [1.54, 1.807) is 18.2 Å². The van der Waals surface area contributed by atoms with Crippen molar-refractivity contribution >= 4 is 11.3 Å². The van der Waals surface area contributed by atoms with Gasteiger partial charge in [0, 0.05) is 24.0 Å². The highest BCUT2D eigenvalue weighted by Crippen LogP contribution is 2.13. The number of hydrogen-bond donors (Lipinski definition) is 0. The Balaban J connectivity index is 1.66. The summed E-state index contributed by atoms with van der Waals surface area (Å²) in [6, 6.07) is 11.5. The molecule has 3 aromatic heterocycles. The number of nitro groups is 1. The number of rotatable bonds is 4. The fraction of sp³-hybridized carbons (Fsp3) is 0.118. The number of aromatic nitrogens is 6. The number of nitrogens with zero attached hydrogens (tertiary/aromatic N) is 7. The van der Waals surface area contributed by atoms with Gasteiger partial charge in [-0.1, -0.05) is 18.2 Å². The van der Waals surface area contributed by atoms with E-state index < -0.39 is 4.92 Å². The van der Waals surface area contributed by atoms with Gasteiger partial charge in [-0.25, -0.2) is 4.98 Å². The molecule has 4 aromatic rings. The molecule has 0 aliphatic rings. The minimum absolute atomic E-state index is 0.0108. The number of pyridine rings is 1. The molecule has 0 bridgehead atoms. The molecule has 0 amide bonds. The molecule has 0 spiro atoms. The molecule has 4 rings (SSSR count). The third kappa shape index (κ3) is 3.03. The Labute approximate surface area is 151 Å². The van der Waals surface area contributed by atoms with Gasteiger partial charge < -0.3 is 0 Å². The van der Waals surface area contributed by atoms with Crippen LogP contribution in [0.2, 0.25) is 0 Å². The molecule has 1 aromatic carbocycles. The molecule has 0 fully saturated rings. The third-order valence-corrected chi connectivity index (χ3v) is 4.09. The van der Waals surface area contributed by atoms with Crippen LogP contribution in [0.15, 0.2) is 53.5 Å². The van der Waals surface area contributed by atoms with Crippen LogP contribution >= 0.6 is 0 Å². The average Bonchev–Trinajstić information content (AvgIpc) is 3.10. The van der Waals surface area contributed by atoms with E-state index in [0.29, 0.717) is 5.65 Å². The monoisotopic (exact) mass is 363 g/mol. The zero-order valence-electron chi connectivity index (χ0n) is 14.2. The van der Waals surface area contributed by atoms with Crippen LogP contribution in [0.3, 0.4) is 0 Å². The minimum atomic E-state index is -0.461. The van der Waals surface area contributed by atoms with Gasteiger partial charge in [-0.15, -0.1) is 10.2 Å². The van der Waals surface area contributed by atoms with Crippen LogP contribution in [-0.4, -0.2) is 34.5 Å². The summed E-state index contributed by atoms with van der Waals surface area (Å²) in [5.74, 6) is 0.173. The predicted octanol–water partition coefficient (Wildman–Crippen LogP) is 1.61. The molecule has 0 aliphatic carbocycles. The van der Waals surface area contributed by atoms with Crippen LogP contribution in [0.4, 0.5) is 5.69 Å². The third-order valence-electron chi connectivity index (χ3n) is 4.09. The fourth-order valence-corrected chi connectivity index (χ4v) is 2.73. The molecule has 10 nitrogen and oxygen atoms in total. The molecule has 10 heteroatoms. The quantitative estimate of drug-likeness (QED) is 0.399. The van der Waals surface area contributed by atoms with Crippen molar-refractivity contribution < 1.29 is 4.92 Å². The summed E-state index contributed by atoms with van der Waals surface area (Å²) in [7, 11) is 0. The summed E-state index contributed by atoms with van der Waals surface area (Å²) in [6.45, 7) is 2.09. The van der Waals surface area contributed by atoms with Gasteiger partial charge in [-0.05, 0) is 29.8 Å². The first-order chi connectivity index (χ1) is 13.0. The highest BCUT2D eigenvalue weighted by atomic mass is 16.6. The van der Waals surface area contributed by atoms with Gasteiger partial charge in [-0.2, -0.15) is 4.80 Å². The molecule has 0 saturated heterocycles. The second kappa shape index (κ2) is 6.41. The number of non-ortho nitro benzene ring substituents is 1. The smallest absolute Gasteiger partial charge is 0.268 e. The Morgan fingerprint density at radius 3 is 2.67 bits per heavy atom. The predicted molar refractivity (Wildman–Crippen MR) is 95.2 cm³/mol. The number of hydrogen-bond acceptors (Lipinski definition) is 7. The van der Waals surface area contributed by atoms with E-state index in [0.717, 1.165) is 11.3 Å². The highest BCUT2D eigenvalue weighted by molar-refractivity contribution is 5.54. The van der Waals surface area contributed by atoms with Crippen molar-refractivity contribution in [2.24, 2.45) is 0 Å². The maximum absolute atomic E-state index is 12.8. The molecule has 0 atom stereocenters. The lowest BCUT2D eigenvalue weighted by molar-refractivity contribution is -0.384. The summed E-state index contributed by atoms with van der Waals surface area (Å²) in [5.41, 5.74) is 2.06. The summed E-state index contributed by atoms with van der Waals surface area (Å²) in [6.07, 6.45) is 1.43. The van der Waals surface area contributed by atoms with Gasteiger partial charge in [0.15, 0.2) is 0 Å². The van der Waals surface area contributed by atoms with E-state index in [9.17, 15) is 14.9 Å². The van der Waals surface area contributed by atoms with Gasteiger partial charge in [-0.3, -0.25) is 19.3 Å². The minimum Gasteiger partial charge on any atom is -0.268 e. The standard InChI is InChI=1S/C17H13N7O3/c1-11-3-2-4-15-18-9-14(17(25)23(11)15)16-19-21-22(20-16)10-12-5-7-13(8-6-12)24(26)27/h2-9H,10H2,1H3. The van der Waals surface area contributed by atoms with E-state index in [4.69, 9.17) is 0 Å². The first-order valence-corrected chi connectivity index (χ1v) is 8.02. The number of benzene rings is 1. The molecular formula is C17H13N7O3. The largest absolute Gasteiger partial charge is 0.269 e. The molecule has 27 heavy (non-hydrogen) atoms. The number of fused-ring (bicyclic) bond motifs is 1. The second-order valence-electron chi connectivity index (χ2n) is 5.90. The van der Waals surface area contributed by atoms with Crippen LogP contribution in [0.25, 0.3) is 17.0 Å². The number of aryl methyl sites for hydroxylation is 1. The van der Waals surface area contributed by atoms with Crippen molar-refractivity contribution in [2.45, 2.75) is 13.5 Å². The second-order valence-corrected chi connectivity index (χ2v) is 5.90. The Bertz CT molecular complexity index is 1210. The zero-order chi connectivity index (χ0) is 19.0. The maximum atomic E-state index is 12.8. The molecule has 134 valence electrons. The summed E-state index contributed by atoms with van der Waals surface area (Å²) in [4.78, 5) is 28.6. The first-order valence-electron chi connectivity index (χ1n) is 8.02. The van der Waals surface area contributed by atoms with Gasteiger partial charge in [0.05, 0.1) is 11.5 Å². The first kappa shape index (κ1) is 16.5. The molecule has 0 radical (unpaired) electrons. The van der Waals surface area contributed by atoms with Gasteiger partial charge >= 0.3 is 0 Å². The highest BCUT2D eigenvalue weighted by Gasteiger charge is 2.14. The summed E-state index contributed by atoms with van der Waals surface area (Å²) >= 11 is 0. The van der Waals surface area contributed by atoms with Gasteiger partial charge in [0.1, 0.15) is 11.2 Å². The topological polar surface area (TPSA) is 121 Å². The van der Waals surface area contributed by atoms with E-state index >= 15 is 0 Å². The number of nitro benzene ring substituents is 1. The fourth-order valence-electron chi connectivity index (χ4n) is 2.73. The van der Waals surface area contributed by atoms with Crippen molar-refractivity contribution in [2.75, 3.05) is 0 Å². The lowest BCUT2D eigenvalue weighted by atomic mass is 10.2. The van der Waals surface area contributed by atoms with E-state index in [2.05, 4.69) is 20.4 Å². The molecule has 0 aliphatic heterocycles. The van der Waals surface area contributed by atoms with Crippen molar-refractivity contribution in [3.63, 3.8) is 0 Å². The SMILES string of the molecule is Cc1cccc2ncc(-c3nnn(Cc4ccc([N+](=O)[O-])cc4)n3)c(=O)n12. The Hall–Kier alpha value is -3.95. The Morgan fingerprint density at radius 1 is 1.15 bits per heavy atom.